The quantitative estimate of drug-likeness (QED) is 0.930. The zero-order valence-corrected chi connectivity index (χ0v) is 11.7. The summed E-state index contributed by atoms with van der Waals surface area (Å²) in [4.78, 5) is 0. The van der Waals surface area contributed by atoms with Gasteiger partial charge < -0.3 is 19.5 Å². The molecule has 1 N–H and O–H groups in total. The van der Waals surface area contributed by atoms with Crippen LogP contribution in [0.1, 0.15) is 18.4 Å². The maximum absolute atomic E-state index is 5.41. The van der Waals surface area contributed by atoms with Crippen molar-refractivity contribution in [1.82, 2.24) is 5.32 Å². The molecule has 1 fully saturated rings. The second kappa shape index (κ2) is 5.47. The second-order valence-electron chi connectivity index (χ2n) is 4.58. The van der Waals surface area contributed by atoms with Gasteiger partial charge in [0.05, 0.1) is 4.47 Å². The number of halogens is 1. The summed E-state index contributed by atoms with van der Waals surface area (Å²) in [5.41, 5.74) is 1.21. The monoisotopic (exact) mass is 313 g/mol. The van der Waals surface area contributed by atoms with Gasteiger partial charge in [-0.3, -0.25) is 0 Å². The fourth-order valence-electron chi connectivity index (χ4n) is 2.29. The van der Waals surface area contributed by atoms with Crippen LogP contribution in [0.5, 0.6) is 11.5 Å². The van der Waals surface area contributed by atoms with E-state index in [4.69, 9.17) is 14.2 Å². The van der Waals surface area contributed by atoms with E-state index in [1.165, 1.54) is 5.56 Å². The normalized spacial score (nSPS) is 19.2. The highest BCUT2D eigenvalue weighted by Crippen LogP contribution is 2.39. The van der Waals surface area contributed by atoms with Crippen LogP contribution in [0.25, 0.3) is 0 Å². The van der Waals surface area contributed by atoms with Crippen LogP contribution in [-0.2, 0) is 11.3 Å². The van der Waals surface area contributed by atoms with E-state index in [1.54, 1.807) is 0 Å². The molecular weight excluding hydrogens is 298 g/mol. The number of rotatable bonds is 3. The fraction of sp³-hybridized carbons (Fsp3) is 0.538. The third kappa shape index (κ3) is 2.63. The Hall–Kier alpha value is -0.780. The van der Waals surface area contributed by atoms with Crippen molar-refractivity contribution in [3.63, 3.8) is 0 Å². The van der Waals surface area contributed by atoms with Crippen LogP contribution in [-0.4, -0.2) is 26.0 Å². The van der Waals surface area contributed by atoms with Gasteiger partial charge >= 0.3 is 0 Å². The van der Waals surface area contributed by atoms with Gasteiger partial charge in [-0.05, 0) is 46.5 Å². The van der Waals surface area contributed by atoms with Crippen molar-refractivity contribution in [1.29, 1.82) is 0 Å². The lowest BCUT2D eigenvalue weighted by atomic mass is 10.1. The third-order valence-corrected chi connectivity index (χ3v) is 3.89. The molecule has 0 atom stereocenters. The molecule has 18 heavy (non-hydrogen) atoms. The van der Waals surface area contributed by atoms with Gasteiger partial charge in [-0.15, -0.1) is 0 Å². The van der Waals surface area contributed by atoms with Crippen LogP contribution in [0.4, 0.5) is 0 Å². The van der Waals surface area contributed by atoms with Crippen molar-refractivity contribution >= 4 is 15.9 Å². The van der Waals surface area contributed by atoms with Crippen LogP contribution in [0, 0.1) is 0 Å². The average molecular weight is 314 g/mol. The second-order valence-corrected chi connectivity index (χ2v) is 5.43. The molecule has 0 unspecified atom stereocenters. The Bertz CT molecular complexity index is 432. The van der Waals surface area contributed by atoms with Crippen molar-refractivity contribution in [2.24, 2.45) is 0 Å². The van der Waals surface area contributed by atoms with Crippen LogP contribution in [0.3, 0.4) is 0 Å². The zero-order chi connectivity index (χ0) is 12.4. The summed E-state index contributed by atoms with van der Waals surface area (Å²) < 4.78 is 17.1. The number of benzene rings is 1. The van der Waals surface area contributed by atoms with Gasteiger partial charge in [-0.2, -0.15) is 0 Å². The summed E-state index contributed by atoms with van der Waals surface area (Å²) in [5, 5.41) is 3.56. The number of nitrogens with one attached hydrogen (secondary N) is 1. The van der Waals surface area contributed by atoms with Gasteiger partial charge in [0.15, 0.2) is 11.5 Å². The summed E-state index contributed by atoms with van der Waals surface area (Å²) >= 11 is 3.51. The molecule has 4 nitrogen and oxygen atoms in total. The first-order chi connectivity index (χ1) is 8.83. The van der Waals surface area contributed by atoms with E-state index >= 15 is 0 Å². The van der Waals surface area contributed by atoms with E-state index in [0.29, 0.717) is 12.8 Å². The molecular formula is C13H16BrNO3. The number of hydrogen-bond donors (Lipinski definition) is 1. The topological polar surface area (TPSA) is 39.7 Å². The Morgan fingerprint density at radius 1 is 1.22 bits per heavy atom. The summed E-state index contributed by atoms with van der Waals surface area (Å²) in [6, 6.07) is 4.68. The van der Waals surface area contributed by atoms with E-state index in [-0.39, 0.29) is 0 Å². The molecule has 0 bridgehead atoms. The van der Waals surface area contributed by atoms with Gasteiger partial charge in [0, 0.05) is 25.8 Å². The van der Waals surface area contributed by atoms with Crippen LogP contribution >= 0.6 is 15.9 Å². The molecule has 2 aliphatic rings. The Morgan fingerprint density at radius 3 is 2.89 bits per heavy atom. The molecule has 0 aromatic heterocycles. The molecule has 98 valence electrons. The van der Waals surface area contributed by atoms with Gasteiger partial charge in [0.1, 0.15) is 0 Å². The summed E-state index contributed by atoms with van der Waals surface area (Å²) in [6.07, 6.45) is 2.18. The molecule has 0 aliphatic carbocycles. The molecule has 2 aliphatic heterocycles. The van der Waals surface area contributed by atoms with Crippen molar-refractivity contribution in [2.45, 2.75) is 25.4 Å². The molecule has 5 heteroatoms. The largest absolute Gasteiger partial charge is 0.454 e. The van der Waals surface area contributed by atoms with Gasteiger partial charge in [0.2, 0.25) is 6.79 Å². The van der Waals surface area contributed by atoms with E-state index in [0.717, 1.165) is 48.6 Å². The smallest absolute Gasteiger partial charge is 0.231 e. The molecule has 0 spiro atoms. The predicted octanol–water partition coefficient (Wildman–Crippen LogP) is 2.45. The van der Waals surface area contributed by atoms with Crippen molar-refractivity contribution in [3.05, 3.63) is 22.2 Å². The van der Waals surface area contributed by atoms with E-state index in [9.17, 15) is 0 Å². The first kappa shape index (κ1) is 12.3. The SMILES string of the molecule is Brc1cc(CNC2CCOCC2)cc2c1OCO2. The van der Waals surface area contributed by atoms with Gasteiger partial charge in [-0.25, -0.2) is 0 Å². The minimum atomic E-state index is 0.310. The first-order valence-electron chi connectivity index (χ1n) is 6.22. The molecule has 2 heterocycles. The molecule has 0 amide bonds. The van der Waals surface area contributed by atoms with Crippen LogP contribution < -0.4 is 14.8 Å². The van der Waals surface area contributed by atoms with E-state index < -0.39 is 0 Å². The summed E-state index contributed by atoms with van der Waals surface area (Å²) in [5.74, 6) is 1.64. The molecule has 1 aromatic carbocycles. The van der Waals surface area contributed by atoms with E-state index in [2.05, 4.69) is 27.3 Å². The summed E-state index contributed by atoms with van der Waals surface area (Å²) in [7, 11) is 0. The maximum Gasteiger partial charge on any atom is 0.231 e. The Kier molecular flexibility index (Phi) is 3.72. The zero-order valence-electron chi connectivity index (χ0n) is 10.1. The Labute approximate surface area is 115 Å². The lowest BCUT2D eigenvalue weighted by molar-refractivity contribution is 0.0776. The standard InChI is InChI=1S/C13H16BrNO3/c14-11-5-9(6-12-13(11)18-8-17-12)7-15-10-1-3-16-4-2-10/h5-6,10,15H,1-4,7-8H2. The Morgan fingerprint density at radius 2 is 2.06 bits per heavy atom. The Balaban J connectivity index is 1.64. The van der Waals surface area contributed by atoms with E-state index in [1.807, 2.05) is 6.07 Å². The number of hydrogen-bond acceptors (Lipinski definition) is 4. The van der Waals surface area contributed by atoms with Crippen molar-refractivity contribution < 1.29 is 14.2 Å². The molecule has 1 saturated heterocycles. The van der Waals surface area contributed by atoms with Crippen LogP contribution in [0.2, 0.25) is 0 Å². The highest BCUT2D eigenvalue weighted by atomic mass is 79.9. The molecule has 0 saturated carbocycles. The van der Waals surface area contributed by atoms with Gasteiger partial charge in [-0.1, -0.05) is 0 Å². The highest BCUT2D eigenvalue weighted by Gasteiger charge is 2.18. The van der Waals surface area contributed by atoms with Gasteiger partial charge in [0.25, 0.3) is 0 Å². The molecule has 1 aromatic rings. The molecule has 3 rings (SSSR count). The fourth-order valence-corrected chi connectivity index (χ4v) is 2.89. The first-order valence-corrected chi connectivity index (χ1v) is 7.01. The van der Waals surface area contributed by atoms with Crippen molar-refractivity contribution in [3.8, 4) is 11.5 Å². The average Bonchev–Trinajstić information content (AvgIpc) is 2.86. The van der Waals surface area contributed by atoms with Crippen molar-refractivity contribution in [2.75, 3.05) is 20.0 Å². The third-order valence-electron chi connectivity index (χ3n) is 3.30. The number of ether oxygens (including phenoxy) is 3. The molecule has 0 radical (unpaired) electrons. The minimum absolute atomic E-state index is 0.310. The summed E-state index contributed by atoms with van der Waals surface area (Å²) in [6.45, 7) is 2.88. The maximum atomic E-state index is 5.41. The lowest BCUT2D eigenvalue weighted by Crippen LogP contribution is -2.34. The number of fused-ring (bicyclic) bond motifs is 1. The minimum Gasteiger partial charge on any atom is -0.454 e. The predicted molar refractivity (Wildman–Crippen MR) is 70.9 cm³/mol. The highest BCUT2D eigenvalue weighted by molar-refractivity contribution is 9.10. The van der Waals surface area contributed by atoms with Crippen LogP contribution in [0.15, 0.2) is 16.6 Å². The lowest BCUT2D eigenvalue weighted by Gasteiger charge is -2.23.